The van der Waals surface area contributed by atoms with E-state index in [9.17, 15) is 0 Å². The lowest BCUT2D eigenvalue weighted by molar-refractivity contribution is 0.414. The first kappa shape index (κ1) is 26.5. The van der Waals surface area contributed by atoms with E-state index in [1.807, 2.05) is 18.2 Å². The van der Waals surface area contributed by atoms with Gasteiger partial charge < -0.3 is 14.0 Å². The lowest BCUT2D eigenvalue weighted by Gasteiger charge is -2.15. The molecular weight excluding hydrogens is 558 g/mol. The number of rotatable bonds is 6. The molecule has 0 bridgehead atoms. The van der Waals surface area contributed by atoms with Gasteiger partial charge in [0, 0.05) is 27.4 Å². The fraction of sp³-hybridized carbons (Fsp3) is 0.0811. The van der Waals surface area contributed by atoms with Crippen LogP contribution in [0.1, 0.15) is 0 Å². The lowest BCUT2D eigenvalue weighted by atomic mass is 9.97. The van der Waals surface area contributed by atoms with Gasteiger partial charge in [-0.15, -0.1) is 11.8 Å². The molecule has 0 aliphatic carbocycles. The molecule has 0 N–H and O–H groups in total. The van der Waals surface area contributed by atoms with Gasteiger partial charge in [0.05, 0.1) is 30.3 Å². The molecule has 7 aromatic rings. The van der Waals surface area contributed by atoms with Crippen molar-refractivity contribution >= 4 is 55.9 Å². The van der Waals surface area contributed by atoms with Crippen LogP contribution in [0.5, 0.6) is 11.5 Å². The Hall–Kier alpha value is -4.38. The smallest absolute Gasteiger partial charge is 0.120 e. The number of ether oxygens (including phenoxy) is 2. The minimum Gasteiger partial charge on any atom is -0.497 e. The third-order valence-electron chi connectivity index (χ3n) is 7.95. The molecule has 6 aromatic carbocycles. The molecule has 0 atom stereocenters. The van der Waals surface area contributed by atoms with Crippen molar-refractivity contribution in [1.29, 1.82) is 0 Å². The van der Waals surface area contributed by atoms with Crippen LogP contribution in [0.4, 0.5) is 0 Å². The number of hydrogen-bond acceptors (Lipinski definition) is 3. The van der Waals surface area contributed by atoms with Gasteiger partial charge in [-0.1, -0.05) is 66.2 Å². The highest BCUT2D eigenvalue weighted by Crippen LogP contribution is 2.42. The molecular formula is C37H28ClNO2S. The Balaban J connectivity index is 1.52. The fourth-order valence-corrected chi connectivity index (χ4v) is 6.86. The summed E-state index contributed by atoms with van der Waals surface area (Å²) in [6, 6.07) is 40.4. The van der Waals surface area contributed by atoms with E-state index in [-0.39, 0.29) is 0 Å². The van der Waals surface area contributed by atoms with Gasteiger partial charge in [0.1, 0.15) is 11.5 Å². The van der Waals surface area contributed by atoms with E-state index in [0.29, 0.717) is 5.02 Å². The van der Waals surface area contributed by atoms with Gasteiger partial charge in [0.15, 0.2) is 0 Å². The number of fused-ring (bicyclic) bond motifs is 4. The van der Waals surface area contributed by atoms with Gasteiger partial charge in [-0.2, -0.15) is 0 Å². The average Bonchev–Trinajstić information content (AvgIpc) is 3.38. The predicted molar refractivity (Wildman–Crippen MR) is 179 cm³/mol. The maximum absolute atomic E-state index is 7.16. The highest BCUT2D eigenvalue weighted by Gasteiger charge is 2.19. The number of nitrogens with zero attached hydrogens (tertiary/aromatic N) is 1. The zero-order valence-electron chi connectivity index (χ0n) is 23.5. The third-order valence-corrected chi connectivity index (χ3v) is 9.02. The van der Waals surface area contributed by atoms with E-state index in [0.717, 1.165) is 50.1 Å². The molecule has 0 spiro atoms. The molecule has 0 aliphatic heterocycles. The SMILES string of the molecule is COc1ccc(-c2cccc3ccc(-n4c5cc(OC)ccc5c5cc(-c6ccccc6)cc(Cl)c54)cc23)c(SC)c1. The molecule has 0 unspecified atom stereocenters. The van der Waals surface area contributed by atoms with E-state index in [1.165, 1.54) is 26.8 Å². The highest BCUT2D eigenvalue weighted by molar-refractivity contribution is 7.98. The maximum Gasteiger partial charge on any atom is 0.120 e. The summed E-state index contributed by atoms with van der Waals surface area (Å²) in [5.41, 5.74) is 7.64. The zero-order valence-corrected chi connectivity index (χ0v) is 25.1. The van der Waals surface area contributed by atoms with Gasteiger partial charge >= 0.3 is 0 Å². The van der Waals surface area contributed by atoms with Crippen LogP contribution in [0, 0.1) is 0 Å². The van der Waals surface area contributed by atoms with Crippen molar-refractivity contribution in [3.05, 3.63) is 120 Å². The van der Waals surface area contributed by atoms with Crippen LogP contribution in [0.15, 0.2) is 120 Å². The number of thioether (sulfide) groups is 1. The standard InChI is InChI=1S/C37H28ClNO2S/c1-40-27-14-16-30-33-18-25(23-8-5-4-6-9-23)19-34(38)37(33)39(35(30)21-27)26-13-12-24-10-7-11-29(32(24)20-26)31-17-15-28(41-2)22-36(31)42-3/h4-22H,1-3H3. The van der Waals surface area contributed by atoms with Gasteiger partial charge in [-0.3, -0.25) is 0 Å². The monoisotopic (exact) mass is 585 g/mol. The Labute approximate surface area is 254 Å². The van der Waals surface area contributed by atoms with Crippen molar-refractivity contribution in [2.45, 2.75) is 4.90 Å². The first-order valence-electron chi connectivity index (χ1n) is 13.7. The molecule has 0 saturated carbocycles. The van der Waals surface area contributed by atoms with Gasteiger partial charge in [-0.05, 0) is 93.9 Å². The largest absolute Gasteiger partial charge is 0.497 e. The molecule has 5 heteroatoms. The van der Waals surface area contributed by atoms with E-state index in [1.54, 1.807) is 26.0 Å². The van der Waals surface area contributed by atoms with Crippen LogP contribution in [-0.2, 0) is 0 Å². The summed E-state index contributed by atoms with van der Waals surface area (Å²) in [4.78, 5) is 1.17. The van der Waals surface area contributed by atoms with Crippen molar-refractivity contribution in [1.82, 2.24) is 4.57 Å². The average molecular weight is 586 g/mol. The Kier molecular flexibility index (Phi) is 6.81. The number of halogens is 1. The second kappa shape index (κ2) is 10.8. The second-order valence-corrected chi connectivity index (χ2v) is 11.5. The quantitative estimate of drug-likeness (QED) is 0.181. The minimum atomic E-state index is 0.703. The van der Waals surface area contributed by atoms with Crippen LogP contribution in [0.2, 0.25) is 5.02 Å². The number of methoxy groups -OCH3 is 2. The van der Waals surface area contributed by atoms with Gasteiger partial charge in [-0.25, -0.2) is 0 Å². The van der Waals surface area contributed by atoms with Crippen molar-refractivity contribution in [2.75, 3.05) is 20.5 Å². The molecule has 7 rings (SSSR count). The second-order valence-electron chi connectivity index (χ2n) is 10.2. The molecule has 0 radical (unpaired) electrons. The number of benzene rings is 6. The van der Waals surface area contributed by atoms with E-state index >= 15 is 0 Å². The molecule has 206 valence electrons. The summed E-state index contributed by atoms with van der Waals surface area (Å²) >= 11 is 8.88. The highest BCUT2D eigenvalue weighted by atomic mass is 35.5. The first-order chi connectivity index (χ1) is 20.6. The number of aromatic nitrogens is 1. The number of hydrogen-bond donors (Lipinski definition) is 0. The van der Waals surface area contributed by atoms with Crippen LogP contribution < -0.4 is 9.47 Å². The molecule has 0 amide bonds. The summed E-state index contributed by atoms with van der Waals surface area (Å²) in [5, 5.41) is 5.28. The summed E-state index contributed by atoms with van der Waals surface area (Å²) in [6.45, 7) is 0. The molecule has 0 aliphatic rings. The normalized spacial score (nSPS) is 11.4. The van der Waals surface area contributed by atoms with Crippen LogP contribution in [0.3, 0.4) is 0 Å². The van der Waals surface area contributed by atoms with Crippen molar-refractivity contribution in [3.63, 3.8) is 0 Å². The first-order valence-corrected chi connectivity index (χ1v) is 15.3. The molecule has 1 heterocycles. The Morgan fingerprint density at radius 2 is 1.40 bits per heavy atom. The fourth-order valence-electron chi connectivity index (χ4n) is 5.92. The Bertz CT molecular complexity index is 2120. The maximum atomic E-state index is 7.16. The topological polar surface area (TPSA) is 23.4 Å². The Morgan fingerprint density at radius 3 is 2.19 bits per heavy atom. The van der Waals surface area contributed by atoms with Crippen LogP contribution in [0.25, 0.3) is 60.5 Å². The van der Waals surface area contributed by atoms with Crippen molar-refractivity contribution in [2.24, 2.45) is 0 Å². The van der Waals surface area contributed by atoms with Crippen LogP contribution in [-0.4, -0.2) is 25.0 Å². The molecule has 0 fully saturated rings. The molecule has 0 saturated heterocycles. The summed E-state index contributed by atoms with van der Waals surface area (Å²) in [6.07, 6.45) is 2.10. The van der Waals surface area contributed by atoms with Gasteiger partial charge in [0.25, 0.3) is 0 Å². The molecule has 1 aromatic heterocycles. The van der Waals surface area contributed by atoms with Gasteiger partial charge in [0.2, 0.25) is 0 Å². The van der Waals surface area contributed by atoms with E-state index in [2.05, 4.69) is 108 Å². The lowest BCUT2D eigenvalue weighted by Crippen LogP contribution is -1.96. The van der Waals surface area contributed by atoms with E-state index < -0.39 is 0 Å². The third kappa shape index (κ3) is 4.39. The summed E-state index contributed by atoms with van der Waals surface area (Å²) < 4.78 is 13.4. The summed E-state index contributed by atoms with van der Waals surface area (Å²) in [7, 11) is 3.41. The summed E-state index contributed by atoms with van der Waals surface area (Å²) in [5.74, 6) is 1.66. The van der Waals surface area contributed by atoms with Crippen molar-refractivity contribution in [3.8, 4) is 39.4 Å². The Morgan fingerprint density at radius 1 is 0.619 bits per heavy atom. The zero-order chi connectivity index (χ0) is 28.8. The predicted octanol–water partition coefficient (Wildman–Crippen LogP) is 10.7. The minimum absolute atomic E-state index is 0.703. The van der Waals surface area contributed by atoms with Crippen LogP contribution >= 0.6 is 23.4 Å². The molecule has 3 nitrogen and oxygen atoms in total. The van der Waals surface area contributed by atoms with E-state index in [4.69, 9.17) is 21.1 Å². The van der Waals surface area contributed by atoms with Crippen molar-refractivity contribution < 1.29 is 9.47 Å². The molecule has 42 heavy (non-hydrogen) atoms.